The van der Waals surface area contributed by atoms with Gasteiger partial charge in [0, 0.05) is 49.5 Å². The van der Waals surface area contributed by atoms with Crippen molar-refractivity contribution in [3.8, 4) is 0 Å². The Morgan fingerprint density at radius 1 is 1.08 bits per heavy atom. The molecular weight excluding hydrogens is 340 g/mol. The van der Waals surface area contributed by atoms with E-state index in [4.69, 9.17) is 5.11 Å². The number of carbonyl (C=O) groups is 3. The molecule has 25 heavy (non-hydrogen) atoms. The van der Waals surface area contributed by atoms with Crippen LogP contribution in [0.25, 0.3) is 0 Å². The molecule has 0 bridgehead atoms. The Hall–Kier alpha value is -1.86. The average Bonchev–Trinajstić information content (AvgIpc) is 2.61. The van der Waals surface area contributed by atoms with Gasteiger partial charge in [-0.1, -0.05) is 12.1 Å². The number of ketones is 1. The molecule has 1 amide bonds. The number of amides is 1. The number of carbonyl (C=O) groups excluding carboxylic acids is 2. The molecule has 0 saturated carbocycles. The van der Waals surface area contributed by atoms with Crippen molar-refractivity contribution in [2.45, 2.75) is 25.8 Å². The third kappa shape index (κ3) is 7.27. The van der Waals surface area contributed by atoms with Gasteiger partial charge in [0.05, 0.1) is 6.54 Å². The predicted molar refractivity (Wildman–Crippen MR) is 97.9 cm³/mol. The lowest BCUT2D eigenvalue weighted by atomic mass is 10.1. The van der Waals surface area contributed by atoms with Gasteiger partial charge in [-0.05, 0) is 24.1 Å². The van der Waals surface area contributed by atoms with E-state index in [1.807, 2.05) is 23.9 Å². The van der Waals surface area contributed by atoms with Crippen molar-refractivity contribution in [2.75, 3.05) is 31.1 Å². The maximum atomic E-state index is 12.1. The number of nitrogens with zero attached hydrogens (tertiary/aromatic N) is 1. The highest BCUT2D eigenvalue weighted by molar-refractivity contribution is 7.99. The first-order chi connectivity index (χ1) is 12.0. The fraction of sp³-hybridized carbons (Fsp3) is 0.500. The van der Waals surface area contributed by atoms with Crippen molar-refractivity contribution in [2.24, 2.45) is 0 Å². The number of Topliss-reactive ketones (excluding diaryl/α,β-unsaturated/α-hetero) is 1. The molecule has 0 aromatic heterocycles. The van der Waals surface area contributed by atoms with E-state index in [0.717, 1.165) is 19.6 Å². The van der Waals surface area contributed by atoms with Gasteiger partial charge in [-0.25, -0.2) is 0 Å². The second-order valence-corrected chi connectivity index (χ2v) is 7.28. The number of benzene rings is 1. The number of aliphatic carboxylic acids is 1. The van der Waals surface area contributed by atoms with E-state index >= 15 is 0 Å². The molecule has 1 aliphatic heterocycles. The van der Waals surface area contributed by atoms with Crippen LogP contribution in [0.1, 0.15) is 35.2 Å². The number of carboxylic acid groups (broad SMARTS) is 1. The monoisotopic (exact) mass is 364 g/mol. The van der Waals surface area contributed by atoms with E-state index in [0.29, 0.717) is 12.0 Å². The first-order valence-electron chi connectivity index (χ1n) is 8.45. The number of rotatable bonds is 9. The number of hydrogen-bond donors (Lipinski definition) is 2. The molecule has 136 valence electrons. The Morgan fingerprint density at radius 2 is 1.76 bits per heavy atom. The number of thioether (sulfide) groups is 1. The summed E-state index contributed by atoms with van der Waals surface area (Å²) in [5.74, 6) is 0.976. The molecule has 6 nitrogen and oxygen atoms in total. The minimum Gasteiger partial charge on any atom is -0.481 e. The summed E-state index contributed by atoms with van der Waals surface area (Å²) in [7, 11) is 0. The maximum Gasteiger partial charge on any atom is 0.303 e. The van der Waals surface area contributed by atoms with E-state index < -0.39 is 5.97 Å². The van der Waals surface area contributed by atoms with Crippen LogP contribution in [0, 0.1) is 0 Å². The van der Waals surface area contributed by atoms with Gasteiger partial charge in [0.1, 0.15) is 0 Å². The van der Waals surface area contributed by atoms with Crippen LogP contribution in [-0.2, 0) is 16.1 Å². The first kappa shape index (κ1) is 19.5. The summed E-state index contributed by atoms with van der Waals surface area (Å²) in [6.07, 6.45) is 0.435. The summed E-state index contributed by atoms with van der Waals surface area (Å²) in [6.45, 7) is 3.02. The predicted octanol–water partition coefficient (Wildman–Crippen LogP) is 1.79. The smallest absolute Gasteiger partial charge is 0.303 e. The highest BCUT2D eigenvalue weighted by atomic mass is 32.2. The molecular formula is C18H24N2O4S. The molecule has 0 radical (unpaired) electrons. The Balaban J connectivity index is 1.73. The summed E-state index contributed by atoms with van der Waals surface area (Å²) in [5.41, 5.74) is 1.70. The van der Waals surface area contributed by atoms with Crippen molar-refractivity contribution in [1.82, 2.24) is 10.2 Å². The number of nitrogens with one attached hydrogen (secondary N) is 1. The quantitative estimate of drug-likeness (QED) is 0.695. The minimum atomic E-state index is -0.916. The molecule has 2 N–H and O–H groups in total. The zero-order valence-electron chi connectivity index (χ0n) is 14.2. The lowest BCUT2D eigenvalue weighted by molar-refractivity contribution is -0.137. The molecule has 1 heterocycles. The summed E-state index contributed by atoms with van der Waals surface area (Å²) < 4.78 is 0. The van der Waals surface area contributed by atoms with Crippen LogP contribution in [0.3, 0.4) is 0 Å². The number of hydrogen-bond acceptors (Lipinski definition) is 5. The Labute approximate surface area is 152 Å². The van der Waals surface area contributed by atoms with Crippen molar-refractivity contribution < 1.29 is 19.5 Å². The molecule has 0 unspecified atom stereocenters. The first-order valence-corrected chi connectivity index (χ1v) is 9.61. The third-order valence-corrected chi connectivity index (χ3v) is 4.96. The van der Waals surface area contributed by atoms with Gasteiger partial charge >= 0.3 is 5.97 Å². The van der Waals surface area contributed by atoms with E-state index in [-0.39, 0.29) is 31.1 Å². The molecule has 1 fully saturated rings. The SMILES string of the molecule is O=C(O)CCCC(=O)CNC(=O)c1ccc(CN2CCSCC2)cc1. The summed E-state index contributed by atoms with van der Waals surface area (Å²) in [5, 5.41) is 11.1. The second kappa shape index (κ2) is 10.2. The summed E-state index contributed by atoms with van der Waals surface area (Å²) in [4.78, 5) is 36.5. The normalized spacial score (nSPS) is 14.9. The topological polar surface area (TPSA) is 86.7 Å². The van der Waals surface area contributed by atoms with E-state index in [1.54, 1.807) is 12.1 Å². The Bertz CT molecular complexity index is 598. The van der Waals surface area contributed by atoms with Gasteiger partial charge < -0.3 is 10.4 Å². The van der Waals surface area contributed by atoms with E-state index in [1.165, 1.54) is 17.1 Å². The molecule has 1 aliphatic rings. The fourth-order valence-electron chi connectivity index (χ4n) is 2.59. The molecule has 0 aliphatic carbocycles. The van der Waals surface area contributed by atoms with Crippen LogP contribution in [0.4, 0.5) is 0 Å². The van der Waals surface area contributed by atoms with Crippen molar-refractivity contribution >= 4 is 29.4 Å². The molecule has 1 saturated heterocycles. The molecule has 2 rings (SSSR count). The van der Waals surface area contributed by atoms with Gasteiger partial charge in [-0.3, -0.25) is 19.3 Å². The molecule has 7 heteroatoms. The summed E-state index contributed by atoms with van der Waals surface area (Å²) >= 11 is 1.98. The van der Waals surface area contributed by atoms with Gasteiger partial charge in [0.2, 0.25) is 0 Å². The van der Waals surface area contributed by atoms with Gasteiger partial charge in [0.25, 0.3) is 5.91 Å². The molecule has 0 atom stereocenters. The molecule has 1 aromatic rings. The van der Waals surface area contributed by atoms with Crippen LogP contribution < -0.4 is 5.32 Å². The van der Waals surface area contributed by atoms with Crippen LogP contribution >= 0.6 is 11.8 Å². The molecule has 1 aromatic carbocycles. The van der Waals surface area contributed by atoms with Crippen molar-refractivity contribution in [1.29, 1.82) is 0 Å². The number of carboxylic acids is 1. The van der Waals surface area contributed by atoms with Crippen LogP contribution in [0.2, 0.25) is 0 Å². The average molecular weight is 364 g/mol. The minimum absolute atomic E-state index is 0.0309. The maximum absolute atomic E-state index is 12.1. The molecule has 0 spiro atoms. The Morgan fingerprint density at radius 3 is 2.40 bits per heavy atom. The largest absolute Gasteiger partial charge is 0.481 e. The van der Waals surface area contributed by atoms with Gasteiger partial charge in [-0.2, -0.15) is 11.8 Å². The fourth-order valence-corrected chi connectivity index (χ4v) is 3.56. The third-order valence-electron chi connectivity index (χ3n) is 4.02. The van der Waals surface area contributed by atoms with Gasteiger partial charge in [-0.15, -0.1) is 0 Å². The zero-order chi connectivity index (χ0) is 18.1. The highest BCUT2D eigenvalue weighted by Gasteiger charge is 2.12. The van der Waals surface area contributed by atoms with Crippen molar-refractivity contribution in [3.63, 3.8) is 0 Å². The summed E-state index contributed by atoms with van der Waals surface area (Å²) in [6, 6.07) is 7.45. The van der Waals surface area contributed by atoms with E-state index in [2.05, 4.69) is 10.2 Å². The van der Waals surface area contributed by atoms with Crippen LogP contribution in [-0.4, -0.2) is 58.8 Å². The lowest BCUT2D eigenvalue weighted by Gasteiger charge is -2.26. The van der Waals surface area contributed by atoms with Gasteiger partial charge in [0.15, 0.2) is 5.78 Å². The lowest BCUT2D eigenvalue weighted by Crippen LogP contribution is -2.32. The highest BCUT2D eigenvalue weighted by Crippen LogP contribution is 2.13. The van der Waals surface area contributed by atoms with Crippen LogP contribution in [0.15, 0.2) is 24.3 Å². The Kier molecular flexibility index (Phi) is 7.94. The van der Waals surface area contributed by atoms with Crippen molar-refractivity contribution in [3.05, 3.63) is 35.4 Å². The van der Waals surface area contributed by atoms with E-state index in [9.17, 15) is 14.4 Å². The standard InChI is InChI=1S/C18H24N2O4S/c21-16(2-1-3-17(22)23)12-19-18(24)15-6-4-14(5-7-15)13-20-8-10-25-11-9-20/h4-7H,1-3,8-13H2,(H,19,24)(H,22,23). The van der Waals surface area contributed by atoms with Crippen LogP contribution in [0.5, 0.6) is 0 Å². The zero-order valence-corrected chi connectivity index (χ0v) is 15.0. The second-order valence-electron chi connectivity index (χ2n) is 6.05.